The van der Waals surface area contributed by atoms with Crippen LogP contribution in [0.4, 0.5) is 0 Å². The molecule has 0 amide bonds. The fraction of sp³-hybridized carbons (Fsp3) is 0.714. The van der Waals surface area contributed by atoms with Gasteiger partial charge in [-0.15, -0.1) is 0 Å². The summed E-state index contributed by atoms with van der Waals surface area (Å²) in [5.74, 6) is 0. The van der Waals surface area contributed by atoms with Gasteiger partial charge in [0.15, 0.2) is 0 Å². The molecule has 0 aliphatic rings. The van der Waals surface area contributed by atoms with E-state index < -0.39 is 25.7 Å². The van der Waals surface area contributed by atoms with E-state index in [-0.39, 0.29) is 12.7 Å². The van der Waals surface area contributed by atoms with E-state index in [0.717, 1.165) is 0 Å². The van der Waals surface area contributed by atoms with Gasteiger partial charge in [-0.2, -0.15) is 0 Å². The van der Waals surface area contributed by atoms with Gasteiger partial charge in [0.1, 0.15) is 6.23 Å². The van der Waals surface area contributed by atoms with E-state index in [1.54, 1.807) is 21.0 Å². The number of hydrogen-bond donors (Lipinski definition) is 1. The van der Waals surface area contributed by atoms with Crippen molar-refractivity contribution < 1.29 is 13.8 Å². The van der Waals surface area contributed by atoms with Gasteiger partial charge in [0.05, 0.1) is 12.7 Å². The Hall–Kier alpha value is -1.21. The second-order valence-electron chi connectivity index (χ2n) is 5.48. The summed E-state index contributed by atoms with van der Waals surface area (Å²) < 4.78 is 25.8. The van der Waals surface area contributed by atoms with Gasteiger partial charge in [-0.25, -0.2) is 9.46 Å². The second-order valence-corrected chi connectivity index (χ2v) is 7.19. The van der Waals surface area contributed by atoms with E-state index in [1.165, 1.54) is 15.4 Å². The van der Waals surface area contributed by atoms with Crippen LogP contribution in [-0.4, -0.2) is 41.0 Å². The molecule has 8 nitrogen and oxygen atoms in total. The minimum absolute atomic E-state index is 0.181. The molecule has 1 rings (SSSR count). The minimum Gasteiger partial charge on any atom is -0.352 e. The van der Waals surface area contributed by atoms with Crippen molar-refractivity contribution in [1.29, 1.82) is 0 Å². The fourth-order valence-electron chi connectivity index (χ4n) is 1.93. The molecule has 0 aliphatic carbocycles. The third-order valence-corrected chi connectivity index (χ3v) is 4.51. The number of aromatic amines is 1. The highest BCUT2D eigenvalue weighted by Gasteiger charge is 2.19. The van der Waals surface area contributed by atoms with Crippen LogP contribution in [0.1, 0.15) is 38.5 Å². The molecule has 0 saturated carbocycles. The van der Waals surface area contributed by atoms with Gasteiger partial charge in [-0.1, -0.05) is 13.8 Å². The van der Waals surface area contributed by atoms with Crippen molar-refractivity contribution in [3.63, 3.8) is 0 Å². The van der Waals surface area contributed by atoms with Gasteiger partial charge < -0.3 is 9.26 Å². The first-order valence-electron chi connectivity index (χ1n) is 7.61. The number of aromatic nitrogens is 2. The summed E-state index contributed by atoms with van der Waals surface area (Å²) >= 11 is 0. The maximum Gasteiger partial charge on any atom is 0.330 e. The van der Waals surface area contributed by atoms with Gasteiger partial charge in [-0.3, -0.25) is 18.9 Å². The molecule has 0 spiro atoms. The predicted molar refractivity (Wildman–Crippen MR) is 89.2 cm³/mol. The number of aryl methyl sites for hydroxylation is 1. The van der Waals surface area contributed by atoms with Crippen molar-refractivity contribution in [3.8, 4) is 0 Å². The second kappa shape index (κ2) is 9.17. The Morgan fingerprint density at radius 1 is 1.30 bits per heavy atom. The maximum atomic E-state index is 12.0. The summed E-state index contributed by atoms with van der Waals surface area (Å²) in [6, 6.07) is 0. The lowest BCUT2D eigenvalue weighted by atomic mass is 10.3. The highest BCUT2D eigenvalue weighted by Crippen LogP contribution is 2.26. The van der Waals surface area contributed by atoms with E-state index in [0.29, 0.717) is 18.4 Å². The molecule has 0 aliphatic heterocycles. The van der Waals surface area contributed by atoms with Gasteiger partial charge in [0.25, 0.3) is 13.7 Å². The Kier molecular flexibility index (Phi) is 7.91. The molecule has 0 aromatic carbocycles. The monoisotopic (exact) mass is 347 g/mol. The van der Waals surface area contributed by atoms with Crippen LogP contribution in [-0.2, 0) is 13.8 Å². The summed E-state index contributed by atoms with van der Waals surface area (Å²) in [6.45, 7) is 5.62. The summed E-state index contributed by atoms with van der Waals surface area (Å²) in [5.41, 5.74) is -0.472. The molecule has 1 unspecified atom stereocenters. The summed E-state index contributed by atoms with van der Waals surface area (Å²) in [5, 5.41) is 0. The van der Waals surface area contributed by atoms with Crippen LogP contribution >= 0.6 is 8.18 Å². The zero-order valence-electron chi connectivity index (χ0n) is 14.3. The molecule has 0 saturated heterocycles. The Labute approximate surface area is 136 Å². The van der Waals surface area contributed by atoms with Crippen LogP contribution in [0.2, 0.25) is 0 Å². The first kappa shape index (κ1) is 19.8. The first-order valence-corrected chi connectivity index (χ1v) is 8.88. The standard InChI is InChI=1S/C14H26N3O5P/c1-6-11(9-21-23(20)16(4)5)22-12(7-2)17-8-10(3)13(18)15-14(17)19/h8,11-12,23H,6-7,9H2,1-5H3,(H,15,18,19)/t11-,12+/m0/s1. The highest BCUT2D eigenvalue weighted by atomic mass is 31.1. The van der Waals surface area contributed by atoms with Crippen molar-refractivity contribution >= 4 is 8.18 Å². The molecular weight excluding hydrogens is 321 g/mol. The van der Waals surface area contributed by atoms with Crippen LogP contribution in [0, 0.1) is 6.92 Å². The first-order chi connectivity index (χ1) is 10.8. The number of ether oxygens (including phenoxy) is 1. The van der Waals surface area contributed by atoms with Crippen molar-refractivity contribution in [1.82, 2.24) is 14.2 Å². The molecule has 0 fully saturated rings. The summed E-state index contributed by atoms with van der Waals surface area (Å²) in [6.07, 6.45) is 1.87. The molecule has 23 heavy (non-hydrogen) atoms. The number of nitrogens with one attached hydrogen (secondary N) is 1. The maximum absolute atomic E-state index is 12.0. The van der Waals surface area contributed by atoms with Crippen molar-refractivity contribution in [3.05, 3.63) is 32.6 Å². The average Bonchev–Trinajstić information content (AvgIpc) is 2.51. The number of H-pyrrole nitrogens is 1. The Morgan fingerprint density at radius 2 is 1.96 bits per heavy atom. The predicted octanol–water partition coefficient (Wildman–Crippen LogP) is 1.52. The molecule has 1 heterocycles. The highest BCUT2D eigenvalue weighted by molar-refractivity contribution is 7.36. The molecule has 0 radical (unpaired) electrons. The van der Waals surface area contributed by atoms with E-state index in [4.69, 9.17) is 9.26 Å². The van der Waals surface area contributed by atoms with Crippen molar-refractivity contribution in [2.45, 2.75) is 45.9 Å². The lowest BCUT2D eigenvalue weighted by Crippen LogP contribution is -2.36. The fourth-order valence-corrected chi connectivity index (χ4v) is 2.51. The Balaban J connectivity index is 2.85. The number of nitrogens with zero attached hydrogens (tertiary/aromatic N) is 2. The lowest BCUT2D eigenvalue weighted by Gasteiger charge is -2.25. The molecule has 1 N–H and O–H groups in total. The smallest absolute Gasteiger partial charge is 0.330 e. The van der Waals surface area contributed by atoms with E-state index in [1.807, 2.05) is 13.8 Å². The van der Waals surface area contributed by atoms with E-state index >= 15 is 0 Å². The average molecular weight is 347 g/mol. The summed E-state index contributed by atoms with van der Waals surface area (Å²) in [7, 11) is 1.11. The molecule has 3 atom stereocenters. The largest absolute Gasteiger partial charge is 0.352 e. The quantitative estimate of drug-likeness (QED) is 0.681. The molecule has 9 heteroatoms. The van der Waals surface area contributed by atoms with Gasteiger partial charge in [0, 0.05) is 11.8 Å². The zero-order chi connectivity index (χ0) is 17.6. The van der Waals surface area contributed by atoms with Crippen LogP contribution in [0.5, 0.6) is 0 Å². The molecule has 0 bridgehead atoms. The van der Waals surface area contributed by atoms with Crippen LogP contribution in [0.3, 0.4) is 0 Å². The van der Waals surface area contributed by atoms with Crippen LogP contribution in [0.15, 0.2) is 15.8 Å². The summed E-state index contributed by atoms with van der Waals surface area (Å²) in [4.78, 5) is 25.7. The Morgan fingerprint density at radius 3 is 2.48 bits per heavy atom. The topological polar surface area (TPSA) is 93.6 Å². The van der Waals surface area contributed by atoms with Gasteiger partial charge >= 0.3 is 5.69 Å². The number of rotatable bonds is 9. The van der Waals surface area contributed by atoms with Crippen LogP contribution in [0.25, 0.3) is 0 Å². The van der Waals surface area contributed by atoms with Crippen LogP contribution < -0.4 is 11.2 Å². The SMILES string of the molecule is CC[C@@H](CO[PH](=O)N(C)C)O[C@H](CC)n1cc(C)c(=O)[nH]c1=O. The third kappa shape index (κ3) is 5.73. The molecule has 1 aromatic rings. The Bertz CT molecular complexity index is 640. The zero-order valence-corrected chi connectivity index (χ0v) is 15.3. The van der Waals surface area contributed by atoms with Gasteiger partial charge in [0.2, 0.25) is 0 Å². The third-order valence-electron chi connectivity index (χ3n) is 3.37. The molecular formula is C14H26N3O5P. The molecule has 132 valence electrons. The van der Waals surface area contributed by atoms with Crippen molar-refractivity contribution in [2.24, 2.45) is 0 Å². The van der Waals surface area contributed by atoms with E-state index in [2.05, 4.69) is 4.98 Å². The van der Waals surface area contributed by atoms with E-state index in [9.17, 15) is 14.2 Å². The van der Waals surface area contributed by atoms with Crippen molar-refractivity contribution in [2.75, 3.05) is 20.7 Å². The minimum atomic E-state index is -2.25. The van der Waals surface area contributed by atoms with Gasteiger partial charge in [-0.05, 0) is 33.9 Å². The normalized spacial score (nSPS) is 15.6. The lowest BCUT2D eigenvalue weighted by molar-refractivity contribution is -0.0752. The number of hydrogen-bond acceptors (Lipinski definition) is 5. The molecule has 1 aromatic heterocycles.